The molecule has 172 valence electrons. The Labute approximate surface area is 202 Å². The molecule has 0 unspecified atom stereocenters. The molecule has 1 N–H and O–H groups in total. The SMILES string of the molecule is CC(C)Oc1ccc(-c2nc(C(=O)Nc3ccc(CC(=O)N4CCSCC4)cc3)cs2)cc1. The van der Waals surface area contributed by atoms with Crippen molar-refractivity contribution in [2.45, 2.75) is 26.4 Å². The smallest absolute Gasteiger partial charge is 0.275 e. The second kappa shape index (κ2) is 10.9. The van der Waals surface area contributed by atoms with Crippen LogP contribution in [-0.4, -0.2) is 52.4 Å². The van der Waals surface area contributed by atoms with Crippen molar-refractivity contribution in [3.63, 3.8) is 0 Å². The Kier molecular flexibility index (Phi) is 7.67. The summed E-state index contributed by atoms with van der Waals surface area (Å²) >= 11 is 3.31. The maximum atomic E-state index is 12.7. The van der Waals surface area contributed by atoms with Crippen LogP contribution in [0.2, 0.25) is 0 Å². The third kappa shape index (κ3) is 6.36. The number of nitrogens with one attached hydrogen (secondary N) is 1. The molecule has 2 heterocycles. The van der Waals surface area contributed by atoms with Gasteiger partial charge < -0.3 is 15.0 Å². The monoisotopic (exact) mass is 481 g/mol. The minimum absolute atomic E-state index is 0.120. The van der Waals surface area contributed by atoms with Crippen LogP contribution in [0.15, 0.2) is 53.9 Å². The first-order chi connectivity index (χ1) is 16.0. The fourth-order valence-corrected chi connectivity index (χ4v) is 5.17. The fraction of sp³-hybridized carbons (Fsp3) is 0.320. The highest BCUT2D eigenvalue weighted by atomic mass is 32.2. The van der Waals surface area contributed by atoms with E-state index in [9.17, 15) is 9.59 Å². The van der Waals surface area contributed by atoms with E-state index in [4.69, 9.17) is 4.74 Å². The van der Waals surface area contributed by atoms with Gasteiger partial charge in [-0.3, -0.25) is 9.59 Å². The molecule has 1 aromatic heterocycles. The van der Waals surface area contributed by atoms with E-state index in [2.05, 4.69) is 10.3 Å². The molecule has 0 aliphatic carbocycles. The van der Waals surface area contributed by atoms with E-state index in [-0.39, 0.29) is 17.9 Å². The molecular weight excluding hydrogens is 454 g/mol. The largest absolute Gasteiger partial charge is 0.491 e. The number of anilines is 1. The minimum atomic E-state index is -0.257. The summed E-state index contributed by atoms with van der Waals surface area (Å²) in [5.74, 6) is 2.72. The summed E-state index contributed by atoms with van der Waals surface area (Å²) in [7, 11) is 0. The maximum Gasteiger partial charge on any atom is 0.275 e. The van der Waals surface area contributed by atoms with Crippen LogP contribution in [0, 0.1) is 0 Å². The van der Waals surface area contributed by atoms with Crippen LogP contribution < -0.4 is 10.1 Å². The molecule has 1 aliphatic rings. The van der Waals surface area contributed by atoms with Gasteiger partial charge in [0.2, 0.25) is 5.91 Å². The summed E-state index contributed by atoms with van der Waals surface area (Å²) in [6, 6.07) is 15.1. The normalized spacial score (nSPS) is 13.7. The first-order valence-corrected chi connectivity index (χ1v) is 13.0. The number of carbonyl (C=O) groups excluding carboxylic acids is 2. The van der Waals surface area contributed by atoms with Crippen LogP contribution in [0.3, 0.4) is 0 Å². The van der Waals surface area contributed by atoms with Gasteiger partial charge in [0.25, 0.3) is 5.91 Å². The summed E-state index contributed by atoms with van der Waals surface area (Å²) in [6.07, 6.45) is 0.504. The van der Waals surface area contributed by atoms with Crippen molar-refractivity contribution < 1.29 is 14.3 Å². The summed E-state index contributed by atoms with van der Waals surface area (Å²) < 4.78 is 5.67. The Hall–Kier alpha value is -2.84. The first kappa shape index (κ1) is 23.3. The van der Waals surface area contributed by atoms with Gasteiger partial charge in [-0.05, 0) is 55.8 Å². The number of hydrogen-bond acceptors (Lipinski definition) is 6. The van der Waals surface area contributed by atoms with Crippen molar-refractivity contribution in [3.05, 3.63) is 65.2 Å². The molecule has 2 aromatic carbocycles. The quantitative estimate of drug-likeness (QED) is 0.516. The molecule has 33 heavy (non-hydrogen) atoms. The third-order valence-electron chi connectivity index (χ3n) is 5.14. The number of rotatable bonds is 7. The van der Waals surface area contributed by atoms with E-state index >= 15 is 0 Å². The number of nitrogens with zero attached hydrogens (tertiary/aromatic N) is 2. The lowest BCUT2D eigenvalue weighted by atomic mass is 10.1. The lowest BCUT2D eigenvalue weighted by molar-refractivity contribution is -0.130. The van der Waals surface area contributed by atoms with E-state index in [1.54, 1.807) is 5.38 Å². The lowest BCUT2D eigenvalue weighted by Gasteiger charge is -2.26. The zero-order valence-electron chi connectivity index (χ0n) is 18.7. The number of benzene rings is 2. The van der Waals surface area contributed by atoms with Crippen molar-refractivity contribution in [2.24, 2.45) is 0 Å². The molecule has 2 amide bonds. The highest BCUT2D eigenvalue weighted by Crippen LogP contribution is 2.26. The third-order valence-corrected chi connectivity index (χ3v) is 6.97. The summed E-state index contributed by atoms with van der Waals surface area (Å²) in [6.45, 7) is 5.62. The van der Waals surface area contributed by atoms with E-state index in [1.807, 2.05) is 79.0 Å². The van der Waals surface area contributed by atoms with E-state index < -0.39 is 0 Å². The maximum absolute atomic E-state index is 12.7. The second-order valence-electron chi connectivity index (χ2n) is 8.05. The molecule has 4 rings (SSSR count). The number of thioether (sulfide) groups is 1. The minimum Gasteiger partial charge on any atom is -0.491 e. The van der Waals surface area contributed by atoms with Gasteiger partial charge in [0.05, 0.1) is 12.5 Å². The molecule has 0 spiro atoms. The number of thiazole rings is 1. The Morgan fingerprint density at radius 3 is 2.42 bits per heavy atom. The number of amides is 2. The number of aromatic nitrogens is 1. The molecule has 0 bridgehead atoms. The molecule has 3 aromatic rings. The van der Waals surface area contributed by atoms with Crippen LogP contribution in [0.25, 0.3) is 10.6 Å². The Morgan fingerprint density at radius 1 is 1.06 bits per heavy atom. The topological polar surface area (TPSA) is 71.5 Å². The highest BCUT2D eigenvalue weighted by molar-refractivity contribution is 7.99. The van der Waals surface area contributed by atoms with Gasteiger partial charge in [-0.15, -0.1) is 11.3 Å². The Morgan fingerprint density at radius 2 is 1.76 bits per heavy atom. The van der Waals surface area contributed by atoms with Crippen molar-refractivity contribution >= 4 is 40.6 Å². The van der Waals surface area contributed by atoms with Gasteiger partial charge in [0.15, 0.2) is 0 Å². The van der Waals surface area contributed by atoms with Crippen molar-refractivity contribution in [3.8, 4) is 16.3 Å². The molecule has 1 saturated heterocycles. The lowest BCUT2D eigenvalue weighted by Crippen LogP contribution is -2.38. The number of hydrogen-bond donors (Lipinski definition) is 1. The van der Waals surface area contributed by atoms with Crippen LogP contribution in [0.4, 0.5) is 5.69 Å². The zero-order chi connectivity index (χ0) is 23.2. The van der Waals surface area contributed by atoms with E-state index in [0.717, 1.165) is 46.5 Å². The molecular formula is C25H27N3O3S2. The Bertz CT molecular complexity index is 1090. The molecule has 0 atom stereocenters. The van der Waals surface area contributed by atoms with Crippen LogP contribution in [0.1, 0.15) is 29.9 Å². The van der Waals surface area contributed by atoms with Crippen LogP contribution >= 0.6 is 23.1 Å². The zero-order valence-corrected chi connectivity index (χ0v) is 20.4. The summed E-state index contributed by atoms with van der Waals surface area (Å²) in [4.78, 5) is 31.5. The predicted molar refractivity (Wildman–Crippen MR) is 135 cm³/mol. The van der Waals surface area contributed by atoms with Gasteiger partial charge in [0, 0.05) is 41.2 Å². The van der Waals surface area contributed by atoms with Gasteiger partial charge in [-0.1, -0.05) is 12.1 Å². The average molecular weight is 482 g/mol. The van der Waals surface area contributed by atoms with Crippen molar-refractivity contribution in [1.82, 2.24) is 9.88 Å². The van der Waals surface area contributed by atoms with Gasteiger partial charge in [-0.2, -0.15) is 11.8 Å². The summed E-state index contributed by atoms with van der Waals surface area (Å²) in [5, 5.41) is 5.42. The van der Waals surface area contributed by atoms with Gasteiger partial charge in [-0.25, -0.2) is 4.98 Å². The summed E-state index contributed by atoms with van der Waals surface area (Å²) in [5.41, 5.74) is 2.93. The predicted octanol–water partition coefficient (Wildman–Crippen LogP) is 4.97. The first-order valence-electron chi connectivity index (χ1n) is 11.0. The molecule has 0 saturated carbocycles. The average Bonchev–Trinajstić information content (AvgIpc) is 3.31. The van der Waals surface area contributed by atoms with Crippen LogP contribution in [0.5, 0.6) is 5.75 Å². The molecule has 1 fully saturated rings. The van der Waals surface area contributed by atoms with Crippen molar-refractivity contribution in [1.29, 1.82) is 0 Å². The number of carbonyl (C=O) groups is 2. The Balaban J connectivity index is 1.34. The van der Waals surface area contributed by atoms with Gasteiger partial charge >= 0.3 is 0 Å². The molecule has 0 radical (unpaired) electrons. The standard InChI is InChI=1S/C25H27N3O3S2/c1-17(2)31-21-9-5-19(6-10-21)25-27-22(16-33-25)24(30)26-20-7-3-18(4-8-20)15-23(29)28-11-13-32-14-12-28/h3-10,16-17H,11-15H2,1-2H3,(H,26,30). The molecule has 8 heteroatoms. The van der Waals surface area contributed by atoms with E-state index in [1.165, 1.54) is 11.3 Å². The molecule has 1 aliphatic heterocycles. The molecule has 6 nitrogen and oxygen atoms in total. The van der Waals surface area contributed by atoms with Crippen LogP contribution in [-0.2, 0) is 11.2 Å². The van der Waals surface area contributed by atoms with Gasteiger partial charge in [0.1, 0.15) is 16.5 Å². The fourth-order valence-electron chi connectivity index (χ4n) is 3.46. The van der Waals surface area contributed by atoms with E-state index in [0.29, 0.717) is 17.8 Å². The van der Waals surface area contributed by atoms with Crippen molar-refractivity contribution in [2.75, 3.05) is 29.9 Å². The second-order valence-corrected chi connectivity index (χ2v) is 10.1. The highest BCUT2D eigenvalue weighted by Gasteiger charge is 2.17. The number of ether oxygens (including phenoxy) is 1.